The van der Waals surface area contributed by atoms with Crippen LogP contribution in [0.1, 0.15) is 30.4 Å². The number of rotatable bonds is 6. The van der Waals surface area contributed by atoms with Crippen LogP contribution in [0.2, 0.25) is 0 Å². The molecule has 4 rings (SSSR count). The molecule has 0 spiro atoms. The van der Waals surface area contributed by atoms with Crippen molar-refractivity contribution in [1.29, 1.82) is 0 Å². The van der Waals surface area contributed by atoms with Gasteiger partial charge < -0.3 is 4.90 Å². The molecule has 5 heteroatoms. The van der Waals surface area contributed by atoms with Gasteiger partial charge in [0.2, 0.25) is 5.91 Å². The summed E-state index contributed by atoms with van der Waals surface area (Å²) in [6.45, 7) is 1.35. The Morgan fingerprint density at radius 2 is 1.85 bits per heavy atom. The Morgan fingerprint density at radius 1 is 1.04 bits per heavy atom. The summed E-state index contributed by atoms with van der Waals surface area (Å²) in [5.74, 6) is 0.624. The third-order valence-corrected chi connectivity index (χ3v) is 5.64. The van der Waals surface area contributed by atoms with E-state index in [1.807, 2.05) is 23.1 Å². The number of nitrogens with zero attached hydrogens (tertiary/aromatic N) is 2. The number of pyridine rings is 1. The Kier molecular flexibility index (Phi) is 5.27. The lowest BCUT2D eigenvalue weighted by Gasteiger charge is -2.28. The standard InChI is InChI=1S/C21H26N4O/c26-21(20-18-7-4-8-19(18)23-24-20)25(15-17-9-12-22-13-10-17)14-11-16-5-2-1-3-6-16/h1-3,5-6,9-10,12-13,18-20,23-24H,4,7-8,11,14-15H2. The minimum atomic E-state index is -0.111. The minimum absolute atomic E-state index is 0.111. The minimum Gasteiger partial charge on any atom is -0.337 e. The molecule has 0 bridgehead atoms. The number of carbonyl (C=O) groups is 1. The number of fused-ring (bicyclic) bond motifs is 1. The van der Waals surface area contributed by atoms with E-state index in [-0.39, 0.29) is 11.9 Å². The molecule has 2 aliphatic rings. The highest BCUT2D eigenvalue weighted by molar-refractivity contribution is 5.82. The second kappa shape index (κ2) is 7.98. The van der Waals surface area contributed by atoms with Gasteiger partial charge in [-0.25, -0.2) is 5.43 Å². The van der Waals surface area contributed by atoms with Gasteiger partial charge in [0, 0.05) is 37.4 Å². The van der Waals surface area contributed by atoms with Crippen LogP contribution in [0.25, 0.3) is 0 Å². The third kappa shape index (κ3) is 3.79. The summed E-state index contributed by atoms with van der Waals surface area (Å²) in [5.41, 5.74) is 8.98. The maximum atomic E-state index is 13.3. The monoisotopic (exact) mass is 350 g/mol. The van der Waals surface area contributed by atoms with Gasteiger partial charge in [0.25, 0.3) is 0 Å². The zero-order valence-corrected chi connectivity index (χ0v) is 15.0. The second-order valence-electron chi connectivity index (χ2n) is 7.32. The van der Waals surface area contributed by atoms with Gasteiger partial charge in [-0.2, -0.15) is 0 Å². The number of aromatic nitrogens is 1. The quantitative estimate of drug-likeness (QED) is 0.839. The van der Waals surface area contributed by atoms with Crippen LogP contribution in [-0.2, 0) is 17.8 Å². The number of benzene rings is 1. The molecule has 2 aromatic rings. The summed E-state index contributed by atoms with van der Waals surface area (Å²) in [6, 6.07) is 14.7. The highest BCUT2D eigenvalue weighted by atomic mass is 16.2. The molecule has 3 unspecified atom stereocenters. The molecule has 1 saturated carbocycles. The van der Waals surface area contributed by atoms with Crippen LogP contribution in [0.5, 0.6) is 0 Å². The fourth-order valence-corrected chi connectivity index (χ4v) is 4.20. The van der Waals surface area contributed by atoms with Crippen molar-refractivity contribution in [1.82, 2.24) is 20.7 Å². The number of carbonyl (C=O) groups excluding carboxylic acids is 1. The lowest BCUT2D eigenvalue weighted by Crippen LogP contribution is -2.48. The highest BCUT2D eigenvalue weighted by Crippen LogP contribution is 2.32. The molecular formula is C21H26N4O. The zero-order chi connectivity index (χ0) is 17.8. The van der Waals surface area contributed by atoms with E-state index in [9.17, 15) is 4.79 Å². The molecule has 1 aliphatic heterocycles. The predicted octanol–water partition coefficient (Wildman–Crippen LogP) is 2.30. The summed E-state index contributed by atoms with van der Waals surface area (Å²) in [4.78, 5) is 19.4. The van der Waals surface area contributed by atoms with Crippen molar-refractivity contribution >= 4 is 5.91 Å². The SMILES string of the molecule is O=C(C1NNC2CCCC21)N(CCc1ccccc1)Cc1ccncc1. The molecule has 1 aromatic heterocycles. The molecular weight excluding hydrogens is 324 g/mol. The Bertz CT molecular complexity index is 721. The van der Waals surface area contributed by atoms with E-state index in [2.05, 4.69) is 40.1 Å². The van der Waals surface area contributed by atoms with E-state index in [0.717, 1.165) is 31.4 Å². The first-order chi connectivity index (χ1) is 12.8. The molecule has 1 aromatic carbocycles. The number of amides is 1. The molecule has 136 valence electrons. The Morgan fingerprint density at radius 3 is 2.65 bits per heavy atom. The highest BCUT2D eigenvalue weighted by Gasteiger charge is 2.43. The van der Waals surface area contributed by atoms with Crippen molar-refractivity contribution < 1.29 is 4.79 Å². The summed E-state index contributed by atoms with van der Waals surface area (Å²) < 4.78 is 0. The average Bonchev–Trinajstić information content (AvgIpc) is 3.30. The molecule has 1 amide bonds. The van der Waals surface area contributed by atoms with Gasteiger partial charge in [-0.3, -0.25) is 15.2 Å². The van der Waals surface area contributed by atoms with Crippen LogP contribution < -0.4 is 10.9 Å². The van der Waals surface area contributed by atoms with E-state index in [0.29, 0.717) is 18.5 Å². The summed E-state index contributed by atoms with van der Waals surface area (Å²) >= 11 is 0. The van der Waals surface area contributed by atoms with Crippen molar-refractivity contribution in [3.05, 3.63) is 66.0 Å². The second-order valence-corrected chi connectivity index (χ2v) is 7.32. The smallest absolute Gasteiger partial charge is 0.241 e. The lowest BCUT2D eigenvalue weighted by atomic mass is 9.96. The van der Waals surface area contributed by atoms with Gasteiger partial charge in [0.05, 0.1) is 0 Å². The number of nitrogens with one attached hydrogen (secondary N) is 2. The molecule has 5 nitrogen and oxygen atoms in total. The molecule has 26 heavy (non-hydrogen) atoms. The van der Waals surface area contributed by atoms with E-state index in [1.165, 1.54) is 12.0 Å². The lowest BCUT2D eigenvalue weighted by molar-refractivity contribution is -0.134. The van der Waals surface area contributed by atoms with Crippen LogP contribution in [0, 0.1) is 5.92 Å². The number of hydrazine groups is 1. The number of hydrogen-bond donors (Lipinski definition) is 2. The van der Waals surface area contributed by atoms with E-state index < -0.39 is 0 Å². The first-order valence-electron chi connectivity index (χ1n) is 9.54. The molecule has 2 N–H and O–H groups in total. The molecule has 1 saturated heterocycles. The van der Waals surface area contributed by atoms with Crippen LogP contribution >= 0.6 is 0 Å². The van der Waals surface area contributed by atoms with Gasteiger partial charge in [0.1, 0.15) is 6.04 Å². The third-order valence-electron chi connectivity index (χ3n) is 5.64. The fraction of sp³-hybridized carbons (Fsp3) is 0.429. The summed E-state index contributed by atoms with van der Waals surface area (Å²) in [6.07, 6.45) is 7.95. The molecule has 0 radical (unpaired) electrons. The van der Waals surface area contributed by atoms with Crippen LogP contribution in [0.15, 0.2) is 54.9 Å². The van der Waals surface area contributed by atoms with E-state index in [4.69, 9.17) is 0 Å². The molecule has 3 atom stereocenters. The van der Waals surface area contributed by atoms with Crippen LogP contribution in [0.4, 0.5) is 0 Å². The van der Waals surface area contributed by atoms with E-state index in [1.54, 1.807) is 12.4 Å². The molecule has 1 aliphatic carbocycles. The van der Waals surface area contributed by atoms with Crippen molar-refractivity contribution in [2.24, 2.45) is 5.92 Å². The van der Waals surface area contributed by atoms with Gasteiger partial charge >= 0.3 is 0 Å². The van der Waals surface area contributed by atoms with Gasteiger partial charge in [-0.1, -0.05) is 36.8 Å². The van der Waals surface area contributed by atoms with E-state index >= 15 is 0 Å². The van der Waals surface area contributed by atoms with Crippen LogP contribution in [-0.4, -0.2) is 34.4 Å². The predicted molar refractivity (Wildman–Crippen MR) is 101 cm³/mol. The van der Waals surface area contributed by atoms with Crippen LogP contribution in [0.3, 0.4) is 0 Å². The summed E-state index contributed by atoms with van der Waals surface area (Å²) in [5, 5.41) is 0. The Labute approximate surface area is 154 Å². The topological polar surface area (TPSA) is 57.3 Å². The Hall–Kier alpha value is -2.24. The van der Waals surface area contributed by atoms with Crippen molar-refractivity contribution in [3.63, 3.8) is 0 Å². The average molecular weight is 350 g/mol. The first-order valence-corrected chi connectivity index (χ1v) is 9.54. The zero-order valence-electron chi connectivity index (χ0n) is 15.0. The molecule has 2 heterocycles. The van der Waals surface area contributed by atoms with Gasteiger partial charge in [-0.05, 0) is 42.5 Å². The Balaban J connectivity index is 1.48. The maximum absolute atomic E-state index is 13.3. The largest absolute Gasteiger partial charge is 0.337 e. The van der Waals surface area contributed by atoms with Gasteiger partial charge in [0.15, 0.2) is 0 Å². The normalized spacial score (nSPS) is 24.4. The van der Waals surface area contributed by atoms with Crippen molar-refractivity contribution in [2.45, 2.75) is 44.3 Å². The molecule has 2 fully saturated rings. The van der Waals surface area contributed by atoms with Crippen molar-refractivity contribution in [2.75, 3.05) is 6.54 Å². The fourth-order valence-electron chi connectivity index (χ4n) is 4.20. The summed E-state index contributed by atoms with van der Waals surface area (Å²) in [7, 11) is 0. The number of hydrogen-bond acceptors (Lipinski definition) is 4. The maximum Gasteiger partial charge on any atom is 0.241 e. The van der Waals surface area contributed by atoms with Gasteiger partial charge in [-0.15, -0.1) is 0 Å². The van der Waals surface area contributed by atoms with Crippen molar-refractivity contribution in [3.8, 4) is 0 Å². The first kappa shape index (κ1) is 17.2.